The van der Waals surface area contributed by atoms with E-state index in [2.05, 4.69) is 10.0 Å². The molecule has 2 heterocycles. The molecule has 0 bridgehead atoms. The summed E-state index contributed by atoms with van der Waals surface area (Å²) >= 11 is 0. The van der Waals surface area contributed by atoms with Crippen LogP contribution in [-0.2, 0) is 19.6 Å². The van der Waals surface area contributed by atoms with Gasteiger partial charge in [0, 0.05) is 25.6 Å². The Hall–Kier alpha value is -1.84. The molecule has 2 N–H and O–H groups in total. The van der Waals surface area contributed by atoms with E-state index in [1.807, 2.05) is 0 Å². The van der Waals surface area contributed by atoms with Gasteiger partial charge in [0.2, 0.25) is 15.9 Å². The van der Waals surface area contributed by atoms with Gasteiger partial charge in [-0.2, -0.15) is 4.72 Å². The molecule has 0 spiro atoms. The maximum Gasteiger partial charge on any atom is 0.241 e. The molecular weight excluding hydrogens is 396 g/mol. The molecule has 1 amide bonds. The molecule has 2 atom stereocenters. The van der Waals surface area contributed by atoms with Crippen LogP contribution in [-0.4, -0.2) is 52.8 Å². The second-order valence-corrected chi connectivity index (χ2v) is 9.43. The van der Waals surface area contributed by atoms with Crippen LogP contribution >= 0.6 is 0 Å². The van der Waals surface area contributed by atoms with Crippen molar-refractivity contribution in [2.45, 2.75) is 56.6 Å². The zero-order valence-corrected chi connectivity index (χ0v) is 17.8. The summed E-state index contributed by atoms with van der Waals surface area (Å²) in [7, 11) is -3.91. The van der Waals surface area contributed by atoms with E-state index < -0.39 is 16.1 Å². The first-order valence-electron chi connectivity index (χ1n) is 10.2. The van der Waals surface area contributed by atoms with Crippen molar-refractivity contribution in [1.29, 1.82) is 0 Å². The van der Waals surface area contributed by atoms with Crippen LogP contribution in [0, 0.1) is 5.92 Å². The maximum atomic E-state index is 12.9. The lowest BCUT2D eigenvalue weighted by atomic mass is 10.0. The normalized spacial score (nSPS) is 20.3. The first-order valence-corrected chi connectivity index (χ1v) is 11.7. The van der Waals surface area contributed by atoms with Gasteiger partial charge in [-0.15, -0.1) is 0 Å². The summed E-state index contributed by atoms with van der Waals surface area (Å²) in [6.45, 7) is 5.83. The number of amides is 1. The smallest absolute Gasteiger partial charge is 0.241 e. The van der Waals surface area contributed by atoms with Crippen molar-refractivity contribution in [1.82, 2.24) is 10.0 Å². The summed E-state index contributed by atoms with van der Waals surface area (Å²) in [5.41, 5.74) is 0. The van der Waals surface area contributed by atoms with Crippen LogP contribution in [0.3, 0.4) is 0 Å². The van der Waals surface area contributed by atoms with Crippen LogP contribution in [0.4, 0.5) is 0 Å². The first kappa shape index (κ1) is 21.9. The van der Waals surface area contributed by atoms with Gasteiger partial charge in [0.05, 0.1) is 24.2 Å². The second kappa shape index (κ2) is 9.77. The average Bonchev–Trinajstić information content (AvgIpc) is 3.08. The Labute approximate surface area is 172 Å². The molecular formula is C20H30N2O6S. The highest BCUT2D eigenvalue weighted by Gasteiger charge is 2.29. The van der Waals surface area contributed by atoms with Gasteiger partial charge in [-0.3, -0.25) is 4.79 Å². The highest BCUT2D eigenvalue weighted by Crippen LogP contribution is 2.32. The molecule has 9 heteroatoms. The monoisotopic (exact) mass is 426 g/mol. The van der Waals surface area contributed by atoms with Gasteiger partial charge in [0.25, 0.3) is 0 Å². The lowest BCUT2D eigenvalue weighted by Gasteiger charge is -2.22. The molecule has 162 valence electrons. The van der Waals surface area contributed by atoms with Gasteiger partial charge in [0.15, 0.2) is 11.5 Å². The van der Waals surface area contributed by atoms with E-state index in [4.69, 9.17) is 14.2 Å². The van der Waals surface area contributed by atoms with E-state index in [1.54, 1.807) is 19.9 Å². The molecule has 3 rings (SSSR count). The fourth-order valence-corrected chi connectivity index (χ4v) is 4.74. The zero-order valence-electron chi connectivity index (χ0n) is 17.0. The van der Waals surface area contributed by atoms with E-state index in [9.17, 15) is 13.2 Å². The van der Waals surface area contributed by atoms with Gasteiger partial charge >= 0.3 is 0 Å². The standard InChI is InChI=1S/C20H30N2O6S/c1-14(2)19(20(23)21-9-8-15-5-3-10-26-15)22-29(24,25)16-6-7-17-18(13-16)28-12-4-11-27-17/h6-7,13-15,19,22H,3-5,8-12H2,1-2H3,(H,21,23). The molecule has 0 aromatic heterocycles. The molecule has 1 aromatic rings. The number of sulfonamides is 1. The van der Waals surface area contributed by atoms with Crippen molar-refractivity contribution in [3.05, 3.63) is 18.2 Å². The van der Waals surface area contributed by atoms with Crippen molar-refractivity contribution >= 4 is 15.9 Å². The van der Waals surface area contributed by atoms with E-state index >= 15 is 0 Å². The Morgan fingerprint density at radius 1 is 1.14 bits per heavy atom. The summed E-state index contributed by atoms with van der Waals surface area (Å²) in [5.74, 6) is 0.366. The van der Waals surface area contributed by atoms with Crippen LogP contribution < -0.4 is 19.5 Å². The predicted molar refractivity (Wildman–Crippen MR) is 108 cm³/mol. The van der Waals surface area contributed by atoms with E-state index in [1.165, 1.54) is 12.1 Å². The van der Waals surface area contributed by atoms with Crippen molar-refractivity contribution < 1.29 is 27.4 Å². The van der Waals surface area contributed by atoms with E-state index in [0.29, 0.717) is 31.3 Å². The molecule has 1 fully saturated rings. The molecule has 8 nitrogen and oxygen atoms in total. The van der Waals surface area contributed by atoms with Crippen molar-refractivity contribution in [2.24, 2.45) is 5.92 Å². The molecule has 1 aromatic carbocycles. The van der Waals surface area contributed by atoms with Crippen LogP contribution in [0.5, 0.6) is 11.5 Å². The highest BCUT2D eigenvalue weighted by atomic mass is 32.2. The third-order valence-corrected chi connectivity index (χ3v) is 6.49. The Morgan fingerprint density at radius 2 is 1.90 bits per heavy atom. The number of ether oxygens (including phenoxy) is 3. The molecule has 0 saturated carbocycles. The lowest BCUT2D eigenvalue weighted by molar-refractivity contribution is -0.123. The summed E-state index contributed by atoms with van der Waals surface area (Å²) in [6.07, 6.45) is 3.68. The quantitative estimate of drug-likeness (QED) is 0.658. The largest absolute Gasteiger partial charge is 0.490 e. The van der Waals surface area contributed by atoms with Gasteiger partial charge in [-0.05, 0) is 37.3 Å². The predicted octanol–water partition coefficient (Wildman–Crippen LogP) is 1.84. The number of nitrogens with one attached hydrogen (secondary N) is 2. The van der Waals surface area contributed by atoms with Gasteiger partial charge in [0.1, 0.15) is 6.04 Å². The van der Waals surface area contributed by atoms with Gasteiger partial charge in [-0.25, -0.2) is 8.42 Å². The number of fused-ring (bicyclic) bond motifs is 1. The Balaban J connectivity index is 1.65. The number of rotatable bonds is 8. The topological polar surface area (TPSA) is 103 Å². The van der Waals surface area contributed by atoms with Gasteiger partial charge in [-0.1, -0.05) is 13.8 Å². The minimum atomic E-state index is -3.91. The lowest BCUT2D eigenvalue weighted by Crippen LogP contribution is -2.50. The zero-order chi connectivity index (χ0) is 20.9. The Bertz CT molecular complexity index is 805. The van der Waals surface area contributed by atoms with E-state index in [-0.39, 0.29) is 22.8 Å². The first-order chi connectivity index (χ1) is 13.9. The Morgan fingerprint density at radius 3 is 2.59 bits per heavy atom. The molecule has 1 saturated heterocycles. The number of hydrogen-bond donors (Lipinski definition) is 2. The fourth-order valence-electron chi connectivity index (χ4n) is 3.38. The summed E-state index contributed by atoms with van der Waals surface area (Å²) in [5, 5.41) is 2.83. The summed E-state index contributed by atoms with van der Waals surface area (Å²) < 4.78 is 45.0. The third kappa shape index (κ3) is 5.83. The minimum absolute atomic E-state index is 0.0413. The van der Waals surface area contributed by atoms with Crippen LogP contribution in [0.2, 0.25) is 0 Å². The number of carbonyl (C=O) groups excluding carboxylic acids is 1. The van der Waals surface area contributed by atoms with E-state index in [0.717, 1.165) is 32.3 Å². The molecule has 2 aliphatic rings. The number of benzene rings is 1. The van der Waals surface area contributed by atoms with Crippen molar-refractivity contribution in [3.8, 4) is 11.5 Å². The van der Waals surface area contributed by atoms with Crippen LogP contribution in [0.25, 0.3) is 0 Å². The summed E-state index contributed by atoms with van der Waals surface area (Å²) in [4.78, 5) is 12.7. The highest BCUT2D eigenvalue weighted by molar-refractivity contribution is 7.89. The number of carbonyl (C=O) groups is 1. The molecule has 2 aliphatic heterocycles. The summed E-state index contributed by atoms with van der Waals surface area (Å²) in [6, 6.07) is 3.61. The molecule has 0 aliphatic carbocycles. The number of hydrogen-bond acceptors (Lipinski definition) is 6. The molecule has 2 unspecified atom stereocenters. The molecule has 29 heavy (non-hydrogen) atoms. The average molecular weight is 427 g/mol. The van der Waals surface area contributed by atoms with Crippen LogP contribution in [0.1, 0.15) is 39.5 Å². The minimum Gasteiger partial charge on any atom is -0.490 e. The third-order valence-electron chi connectivity index (χ3n) is 5.05. The van der Waals surface area contributed by atoms with Crippen molar-refractivity contribution in [2.75, 3.05) is 26.4 Å². The molecule has 0 radical (unpaired) electrons. The Kier molecular flexibility index (Phi) is 7.37. The van der Waals surface area contributed by atoms with Crippen molar-refractivity contribution in [3.63, 3.8) is 0 Å². The van der Waals surface area contributed by atoms with Gasteiger partial charge < -0.3 is 19.5 Å². The maximum absolute atomic E-state index is 12.9. The second-order valence-electron chi connectivity index (χ2n) is 7.72. The van der Waals surface area contributed by atoms with Crippen LogP contribution in [0.15, 0.2) is 23.1 Å². The SMILES string of the molecule is CC(C)C(NS(=O)(=O)c1ccc2c(c1)OCCCO2)C(=O)NCCC1CCCO1. The fraction of sp³-hybridized carbons (Fsp3) is 0.650.